The van der Waals surface area contributed by atoms with Crippen LogP contribution in [0.5, 0.6) is 0 Å². The minimum absolute atomic E-state index is 0.0177. The first-order valence-corrected chi connectivity index (χ1v) is 7.70. The number of thiazole rings is 1. The molecule has 92 valence electrons. The molecule has 1 unspecified atom stereocenters. The smallest absolute Gasteiger partial charge is 0.232 e. The Morgan fingerprint density at radius 2 is 2.19 bits per heavy atom. The van der Waals surface area contributed by atoms with E-state index < -0.39 is 10.0 Å². The van der Waals surface area contributed by atoms with Crippen LogP contribution >= 0.6 is 22.9 Å². The number of hydrogen-bond donors (Lipinski definition) is 0. The van der Waals surface area contributed by atoms with Crippen molar-refractivity contribution in [2.24, 2.45) is 0 Å². The molecule has 1 atom stereocenters. The van der Waals surface area contributed by atoms with Crippen LogP contribution in [0.25, 0.3) is 0 Å². The van der Waals surface area contributed by atoms with Gasteiger partial charge in [0.2, 0.25) is 0 Å². The van der Waals surface area contributed by atoms with Crippen LogP contribution in [-0.2, 0) is 10.0 Å². The minimum Gasteiger partial charge on any atom is -0.232 e. The van der Waals surface area contributed by atoms with Gasteiger partial charge in [-0.1, -0.05) is 36.8 Å². The van der Waals surface area contributed by atoms with E-state index in [-0.39, 0.29) is 14.7 Å². The molecular weight excluding hydrogens is 268 g/mol. The van der Waals surface area contributed by atoms with Crippen molar-refractivity contribution < 1.29 is 8.42 Å². The molecule has 1 heterocycles. The van der Waals surface area contributed by atoms with Crippen molar-refractivity contribution >= 4 is 33.0 Å². The molecule has 0 bridgehead atoms. The summed E-state index contributed by atoms with van der Waals surface area (Å²) in [5, 5.41) is 0. The molecule has 4 nitrogen and oxygen atoms in total. The molecule has 0 saturated heterocycles. The predicted molar refractivity (Wildman–Crippen MR) is 66.4 cm³/mol. The van der Waals surface area contributed by atoms with Crippen LogP contribution < -0.4 is 0 Å². The van der Waals surface area contributed by atoms with Crippen LogP contribution in [0.3, 0.4) is 0 Å². The Bertz CT molecular complexity index is 444. The Kier molecular flexibility index (Phi) is 4.73. The summed E-state index contributed by atoms with van der Waals surface area (Å²) in [4.78, 5) is 3.76. The van der Waals surface area contributed by atoms with Gasteiger partial charge in [-0.05, 0) is 13.3 Å². The minimum atomic E-state index is -3.44. The molecule has 0 aliphatic heterocycles. The van der Waals surface area contributed by atoms with E-state index in [1.54, 1.807) is 0 Å². The maximum atomic E-state index is 12.2. The van der Waals surface area contributed by atoms with Crippen LogP contribution in [0, 0.1) is 0 Å². The number of hydrogen-bond acceptors (Lipinski definition) is 4. The average Bonchev–Trinajstić information content (AvgIpc) is 2.65. The molecule has 0 fully saturated rings. The summed E-state index contributed by atoms with van der Waals surface area (Å²) in [5.74, 6) is 0. The molecule has 0 aromatic carbocycles. The van der Waals surface area contributed by atoms with Crippen molar-refractivity contribution in [1.29, 1.82) is 0 Å². The van der Waals surface area contributed by atoms with Gasteiger partial charge >= 0.3 is 0 Å². The van der Waals surface area contributed by atoms with E-state index in [9.17, 15) is 8.42 Å². The van der Waals surface area contributed by atoms with E-state index in [2.05, 4.69) is 4.98 Å². The molecule has 1 aromatic rings. The molecule has 0 radical (unpaired) electrons. The molecule has 7 heteroatoms. The summed E-state index contributed by atoms with van der Waals surface area (Å²) >= 11 is 6.64. The van der Waals surface area contributed by atoms with E-state index in [0.717, 1.165) is 17.8 Å². The first-order chi connectivity index (χ1) is 7.43. The number of aromatic nitrogens is 1. The van der Waals surface area contributed by atoms with Gasteiger partial charge in [-0.15, -0.1) is 0 Å². The molecule has 0 aliphatic carbocycles. The Balaban J connectivity index is 3.09. The summed E-state index contributed by atoms with van der Waals surface area (Å²) in [7, 11) is -3.44. The number of nitrogens with zero attached hydrogens (tertiary/aromatic N) is 2. The number of sulfonamides is 1. The second-order valence-electron chi connectivity index (χ2n) is 3.40. The second-order valence-corrected chi connectivity index (χ2v) is 7.13. The number of rotatable bonds is 5. The van der Waals surface area contributed by atoms with Gasteiger partial charge in [0.1, 0.15) is 0 Å². The van der Waals surface area contributed by atoms with Crippen molar-refractivity contribution in [3.63, 3.8) is 0 Å². The van der Waals surface area contributed by atoms with Crippen molar-refractivity contribution in [2.75, 3.05) is 6.54 Å². The van der Waals surface area contributed by atoms with E-state index in [1.807, 2.05) is 20.8 Å². The molecule has 0 amide bonds. The molecule has 0 N–H and O–H groups in total. The summed E-state index contributed by atoms with van der Waals surface area (Å²) < 4.78 is 26.4. The SMILES string of the molecule is CCC(C)N(CC)S(=O)(=O)c1cnc(Cl)s1. The maximum absolute atomic E-state index is 12.2. The lowest BCUT2D eigenvalue weighted by atomic mass is 10.3. The molecule has 1 rings (SSSR count). The lowest BCUT2D eigenvalue weighted by Crippen LogP contribution is -2.37. The first-order valence-electron chi connectivity index (χ1n) is 5.06. The van der Waals surface area contributed by atoms with Crippen LogP contribution in [0.2, 0.25) is 4.47 Å². The standard InChI is InChI=1S/C9H15ClN2O2S2/c1-4-7(3)12(5-2)16(13,14)8-6-11-9(10)15-8/h6-7H,4-5H2,1-3H3. The van der Waals surface area contributed by atoms with Crippen LogP contribution in [0.1, 0.15) is 27.2 Å². The first kappa shape index (κ1) is 13.9. The highest BCUT2D eigenvalue weighted by Gasteiger charge is 2.28. The topological polar surface area (TPSA) is 50.3 Å². The summed E-state index contributed by atoms with van der Waals surface area (Å²) in [6.45, 7) is 6.13. The quantitative estimate of drug-likeness (QED) is 0.834. The molecule has 0 spiro atoms. The maximum Gasteiger partial charge on any atom is 0.254 e. The monoisotopic (exact) mass is 282 g/mol. The largest absolute Gasteiger partial charge is 0.254 e. The van der Waals surface area contributed by atoms with Gasteiger partial charge in [0.15, 0.2) is 8.68 Å². The van der Waals surface area contributed by atoms with Crippen molar-refractivity contribution in [3.8, 4) is 0 Å². The van der Waals surface area contributed by atoms with E-state index in [0.29, 0.717) is 6.54 Å². The third-order valence-electron chi connectivity index (χ3n) is 2.41. The molecule has 16 heavy (non-hydrogen) atoms. The predicted octanol–water partition coefficient (Wildman–Crippen LogP) is 2.61. The highest BCUT2D eigenvalue weighted by molar-refractivity contribution is 7.91. The highest BCUT2D eigenvalue weighted by Crippen LogP contribution is 2.26. The van der Waals surface area contributed by atoms with Crippen molar-refractivity contribution in [1.82, 2.24) is 9.29 Å². The fourth-order valence-corrected chi connectivity index (χ4v) is 4.53. The van der Waals surface area contributed by atoms with Gasteiger partial charge in [-0.2, -0.15) is 4.31 Å². The zero-order valence-corrected chi connectivity index (χ0v) is 11.9. The molecule has 0 aliphatic rings. The van der Waals surface area contributed by atoms with Gasteiger partial charge in [-0.3, -0.25) is 0 Å². The van der Waals surface area contributed by atoms with Crippen LogP contribution in [0.15, 0.2) is 10.4 Å². The summed E-state index contributed by atoms with van der Waals surface area (Å²) in [6.07, 6.45) is 2.09. The lowest BCUT2D eigenvalue weighted by Gasteiger charge is -2.25. The Morgan fingerprint density at radius 1 is 1.56 bits per heavy atom. The molecular formula is C9H15ClN2O2S2. The highest BCUT2D eigenvalue weighted by atomic mass is 35.5. The van der Waals surface area contributed by atoms with Gasteiger partial charge < -0.3 is 0 Å². The van der Waals surface area contributed by atoms with Crippen molar-refractivity contribution in [2.45, 2.75) is 37.4 Å². The van der Waals surface area contributed by atoms with Crippen LogP contribution in [0.4, 0.5) is 0 Å². The van der Waals surface area contributed by atoms with Gasteiger partial charge in [0.05, 0.1) is 6.20 Å². The van der Waals surface area contributed by atoms with E-state index in [4.69, 9.17) is 11.6 Å². The Morgan fingerprint density at radius 3 is 2.56 bits per heavy atom. The fraction of sp³-hybridized carbons (Fsp3) is 0.667. The van der Waals surface area contributed by atoms with Gasteiger partial charge in [0.25, 0.3) is 10.0 Å². The Labute approximate surface area is 105 Å². The van der Waals surface area contributed by atoms with Crippen molar-refractivity contribution in [3.05, 3.63) is 10.7 Å². The third-order valence-corrected chi connectivity index (χ3v) is 6.05. The van der Waals surface area contributed by atoms with E-state index in [1.165, 1.54) is 10.5 Å². The lowest BCUT2D eigenvalue weighted by molar-refractivity contribution is 0.343. The normalized spacial score (nSPS) is 14.3. The molecule has 0 saturated carbocycles. The third kappa shape index (κ3) is 2.74. The van der Waals surface area contributed by atoms with Gasteiger partial charge in [-0.25, -0.2) is 13.4 Å². The fourth-order valence-electron chi connectivity index (χ4n) is 1.40. The molecule has 1 aromatic heterocycles. The van der Waals surface area contributed by atoms with Crippen LogP contribution in [-0.4, -0.2) is 30.3 Å². The zero-order chi connectivity index (χ0) is 12.3. The number of halogens is 1. The average molecular weight is 283 g/mol. The summed E-state index contributed by atoms with van der Waals surface area (Å²) in [6, 6.07) is -0.0177. The van der Waals surface area contributed by atoms with E-state index >= 15 is 0 Å². The zero-order valence-electron chi connectivity index (χ0n) is 9.47. The van der Waals surface area contributed by atoms with Gasteiger partial charge in [0, 0.05) is 12.6 Å². The Hall–Kier alpha value is -0.170. The second kappa shape index (κ2) is 5.44. The summed E-state index contributed by atoms with van der Waals surface area (Å²) in [5.41, 5.74) is 0.